The number of nitrogens with one attached hydrogen (secondary N) is 1. The molecular weight excluding hydrogens is 352 g/mol. The molecule has 1 fully saturated rings. The van der Waals surface area contributed by atoms with Crippen molar-refractivity contribution in [3.63, 3.8) is 0 Å². The Bertz CT molecular complexity index is 677. The SMILES string of the molecule is Cc1nnc(SCC(=O)NC2CCCN(CCc3ccccc3)C2)s1. The van der Waals surface area contributed by atoms with Gasteiger partial charge < -0.3 is 10.2 Å². The van der Waals surface area contributed by atoms with Gasteiger partial charge in [0.05, 0.1) is 5.75 Å². The quantitative estimate of drug-likeness (QED) is 0.753. The van der Waals surface area contributed by atoms with E-state index in [0.29, 0.717) is 5.75 Å². The minimum atomic E-state index is 0.0905. The van der Waals surface area contributed by atoms with Crippen molar-refractivity contribution in [3.05, 3.63) is 40.9 Å². The number of amides is 1. The standard InChI is InChI=1S/C18H24N4OS2/c1-14-20-21-18(25-14)24-13-17(23)19-16-8-5-10-22(12-16)11-9-15-6-3-2-4-7-15/h2-4,6-7,16H,5,8-13H2,1H3,(H,19,23). The summed E-state index contributed by atoms with van der Waals surface area (Å²) < 4.78 is 0.862. The van der Waals surface area contributed by atoms with Gasteiger partial charge in [0.1, 0.15) is 5.01 Å². The predicted octanol–water partition coefficient (Wildman–Crippen LogP) is 2.76. The lowest BCUT2D eigenvalue weighted by Crippen LogP contribution is -2.48. The zero-order chi connectivity index (χ0) is 17.5. The number of hydrogen-bond acceptors (Lipinski definition) is 6. The molecule has 0 spiro atoms. The Morgan fingerprint density at radius 2 is 2.20 bits per heavy atom. The van der Waals surface area contributed by atoms with Crippen LogP contribution < -0.4 is 5.32 Å². The van der Waals surface area contributed by atoms with Crippen molar-refractivity contribution in [2.45, 2.75) is 36.6 Å². The van der Waals surface area contributed by atoms with E-state index in [4.69, 9.17) is 0 Å². The summed E-state index contributed by atoms with van der Waals surface area (Å²) in [4.78, 5) is 14.6. The molecule has 25 heavy (non-hydrogen) atoms. The lowest BCUT2D eigenvalue weighted by molar-refractivity contribution is -0.119. The van der Waals surface area contributed by atoms with Crippen LogP contribution in [0.5, 0.6) is 0 Å². The molecule has 1 aromatic heterocycles. The third-order valence-corrected chi connectivity index (χ3v) is 6.24. The monoisotopic (exact) mass is 376 g/mol. The molecule has 1 unspecified atom stereocenters. The molecule has 2 heterocycles. The normalized spacial score (nSPS) is 18.2. The summed E-state index contributed by atoms with van der Waals surface area (Å²) in [6, 6.07) is 10.8. The number of aromatic nitrogens is 2. The number of carbonyl (C=O) groups excluding carboxylic acids is 1. The summed E-state index contributed by atoms with van der Waals surface area (Å²) >= 11 is 3.00. The summed E-state index contributed by atoms with van der Waals surface area (Å²) in [5.74, 6) is 0.502. The minimum absolute atomic E-state index is 0.0905. The summed E-state index contributed by atoms with van der Waals surface area (Å²) in [6.45, 7) is 5.04. The van der Waals surface area contributed by atoms with Crippen LogP contribution in [0.15, 0.2) is 34.7 Å². The maximum Gasteiger partial charge on any atom is 0.230 e. The van der Waals surface area contributed by atoms with E-state index in [-0.39, 0.29) is 11.9 Å². The highest BCUT2D eigenvalue weighted by molar-refractivity contribution is 8.01. The smallest absolute Gasteiger partial charge is 0.230 e. The van der Waals surface area contributed by atoms with Crippen molar-refractivity contribution >= 4 is 29.0 Å². The molecule has 0 bridgehead atoms. The Labute approximate surface area is 157 Å². The van der Waals surface area contributed by atoms with Crippen LogP contribution in [-0.2, 0) is 11.2 Å². The molecule has 7 heteroatoms. The second-order valence-electron chi connectivity index (χ2n) is 6.32. The van der Waals surface area contributed by atoms with Crippen molar-refractivity contribution < 1.29 is 4.79 Å². The van der Waals surface area contributed by atoms with Gasteiger partial charge in [-0.3, -0.25) is 4.79 Å². The van der Waals surface area contributed by atoms with Gasteiger partial charge in [0.15, 0.2) is 4.34 Å². The zero-order valence-electron chi connectivity index (χ0n) is 14.5. The van der Waals surface area contributed by atoms with E-state index in [1.165, 1.54) is 28.7 Å². The molecule has 134 valence electrons. The average Bonchev–Trinajstić information content (AvgIpc) is 3.05. The van der Waals surface area contributed by atoms with E-state index in [0.717, 1.165) is 48.2 Å². The second-order valence-corrected chi connectivity index (χ2v) is 8.72. The molecule has 1 amide bonds. The molecule has 1 aliphatic heterocycles. The predicted molar refractivity (Wildman–Crippen MR) is 103 cm³/mol. The number of thioether (sulfide) groups is 1. The van der Waals surface area contributed by atoms with Gasteiger partial charge in [-0.25, -0.2) is 0 Å². The van der Waals surface area contributed by atoms with Crippen molar-refractivity contribution in [1.82, 2.24) is 20.4 Å². The van der Waals surface area contributed by atoms with Gasteiger partial charge >= 0.3 is 0 Å². The third-order valence-electron chi connectivity index (χ3n) is 4.26. The molecule has 1 aromatic carbocycles. The largest absolute Gasteiger partial charge is 0.351 e. The van der Waals surface area contributed by atoms with Crippen molar-refractivity contribution in [2.75, 3.05) is 25.4 Å². The number of likely N-dealkylation sites (tertiary alicyclic amines) is 1. The van der Waals surface area contributed by atoms with Crippen LogP contribution in [0.3, 0.4) is 0 Å². The fourth-order valence-electron chi connectivity index (χ4n) is 3.04. The highest BCUT2D eigenvalue weighted by Gasteiger charge is 2.21. The first-order valence-electron chi connectivity index (χ1n) is 8.67. The summed E-state index contributed by atoms with van der Waals surface area (Å²) in [5.41, 5.74) is 1.37. The molecule has 1 saturated heterocycles. The fraction of sp³-hybridized carbons (Fsp3) is 0.500. The van der Waals surface area contributed by atoms with Crippen LogP contribution in [0, 0.1) is 6.92 Å². The molecule has 0 aliphatic carbocycles. The van der Waals surface area contributed by atoms with Gasteiger partial charge in [-0.2, -0.15) is 0 Å². The Kier molecular flexibility index (Phi) is 6.84. The van der Waals surface area contributed by atoms with E-state index >= 15 is 0 Å². The van der Waals surface area contributed by atoms with E-state index < -0.39 is 0 Å². The van der Waals surface area contributed by atoms with Gasteiger partial charge in [-0.15, -0.1) is 10.2 Å². The molecule has 5 nitrogen and oxygen atoms in total. The average molecular weight is 377 g/mol. The minimum Gasteiger partial charge on any atom is -0.351 e. The van der Waals surface area contributed by atoms with E-state index in [2.05, 4.69) is 50.7 Å². The molecule has 3 rings (SSSR count). The van der Waals surface area contributed by atoms with Crippen molar-refractivity contribution in [2.24, 2.45) is 0 Å². The van der Waals surface area contributed by atoms with Gasteiger partial charge in [0.25, 0.3) is 0 Å². The first kappa shape index (κ1) is 18.4. The Morgan fingerprint density at radius 3 is 2.96 bits per heavy atom. The zero-order valence-corrected chi connectivity index (χ0v) is 16.1. The number of carbonyl (C=O) groups is 1. The highest BCUT2D eigenvalue weighted by atomic mass is 32.2. The first-order valence-corrected chi connectivity index (χ1v) is 10.5. The lowest BCUT2D eigenvalue weighted by atomic mass is 10.0. The van der Waals surface area contributed by atoms with Gasteiger partial charge in [0.2, 0.25) is 5.91 Å². The molecule has 1 N–H and O–H groups in total. The third kappa shape index (κ3) is 6.09. The van der Waals surface area contributed by atoms with Crippen LogP contribution in [-0.4, -0.2) is 52.4 Å². The topological polar surface area (TPSA) is 58.1 Å². The molecule has 0 saturated carbocycles. The Hall–Kier alpha value is -1.44. The number of hydrogen-bond donors (Lipinski definition) is 1. The molecule has 0 radical (unpaired) electrons. The maximum absolute atomic E-state index is 12.2. The first-order chi connectivity index (χ1) is 12.2. The van der Waals surface area contributed by atoms with Gasteiger partial charge in [-0.05, 0) is 38.3 Å². The number of nitrogens with zero attached hydrogens (tertiary/aromatic N) is 3. The highest BCUT2D eigenvalue weighted by Crippen LogP contribution is 2.21. The van der Waals surface area contributed by atoms with Crippen LogP contribution in [0.2, 0.25) is 0 Å². The molecular formula is C18H24N4OS2. The Balaban J connectivity index is 1.39. The summed E-state index contributed by atoms with van der Waals surface area (Å²) in [6.07, 6.45) is 3.27. The number of aryl methyl sites for hydroxylation is 1. The van der Waals surface area contributed by atoms with Crippen LogP contribution in [0.25, 0.3) is 0 Å². The second kappa shape index (κ2) is 9.31. The fourth-order valence-corrected chi connectivity index (χ4v) is 4.67. The summed E-state index contributed by atoms with van der Waals surface area (Å²) in [7, 11) is 0. The van der Waals surface area contributed by atoms with Crippen LogP contribution >= 0.6 is 23.1 Å². The van der Waals surface area contributed by atoms with Gasteiger partial charge in [-0.1, -0.05) is 53.4 Å². The van der Waals surface area contributed by atoms with Crippen molar-refractivity contribution in [3.8, 4) is 0 Å². The number of piperidine rings is 1. The summed E-state index contributed by atoms with van der Waals surface area (Å²) in [5, 5.41) is 12.1. The lowest BCUT2D eigenvalue weighted by Gasteiger charge is -2.33. The molecule has 1 aliphatic rings. The van der Waals surface area contributed by atoms with Crippen LogP contribution in [0.4, 0.5) is 0 Å². The van der Waals surface area contributed by atoms with Crippen molar-refractivity contribution in [1.29, 1.82) is 0 Å². The van der Waals surface area contributed by atoms with Gasteiger partial charge in [0, 0.05) is 19.1 Å². The van der Waals surface area contributed by atoms with E-state index in [1.807, 2.05) is 6.92 Å². The van der Waals surface area contributed by atoms with Crippen LogP contribution in [0.1, 0.15) is 23.4 Å². The maximum atomic E-state index is 12.2. The molecule has 2 aromatic rings. The Morgan fingerprint density at radius 1 is 1.36 bits per heavy atom. The number of benzene rings is 1. The molecule has 1 atom stereocenters. The van der Waals surface area contributed by atoms with E-state index in [9.17, 15) is 4.79 Å². The number of rotatable bonds is 7. The van der Waals surface area contributed by atoms with E-state index in [1.54, 1.807) is 0 Å².